The molecule has 26 heavy (non-hydrogen) atoms. The van der Waals surface area contributed by atoms with Crippen LogP contribution < -0.4 is 4.74 Å². The van der Waals surface area contributed by atoms with Gasteiger partial charge in [-0.3, -0.25) is 0 Å². The molecular formula is C21H22N2O3. The van der Waals surface area contributed by atoms with Gasteiger partial charge < -0.3 is 9.47 Å². The Balaban J connectivity index is 1.46. The second kappa shape index (κ2) is 8.34. The molecule has 5 nitrogen and oxygen atoms in total. The number of ether oxygens (including phenoxy) is 2. The minimum absolute atomic E-state index is 0.119. The summed E-state index contributed by atoms with van der Waals surface area (Å²) in [5, 5.41) is 4.40. The first kappa shape index (κ1) is 17.7. The van der Waals surface area contributed by atoms with Crippen molar-refractivity contribution in [3.8, 4) is 11.4 Å². The Morgan fingerprint density at radius 2 is 1.77 bits per heavy atom. The van der Waals surface area contributed by atoms with Gasteiger partial charge in [-0.05, 0) is 41.8 Å². The number of nitrogens with zero attached hydrogens (tertiary/aromatic N) is 2. The van der Waals surface area contributed by atoms with Crippen molar-refractivity contribution < 1.29 is 14.3 Å². The van der Waals surface area contributed by atoms with Crippen molar-refractivity contribution in [2.75, 3.05) is 6.61 Å². The molecule has 0 aliphatic rings. The lowest BCUT2D eigenvalue weighted by molar-refractivity contribution is -0.147. The summed E-state index contributed by atoms with van der Waals surface area (Å²) >= 11 is 0. The molecule has 2 aromatic carbocycles. The van der Waals surface area contributed by atoms with E-state index in [-0.39, 0.29) is 13.2 Å². The van der Waals surface area contributed by atoms with E-state index in [0.29, 0.717) is 17.4 Å². The molecule has 0 saturated heterocycles. The van der Waals surface area contributed by atoms with Crippen LogP contribution in [0, 0.1) is 0 Å². The average Bonchev–Trinajstić information content (AvgIpc) is 3.15. The first-order valence-corrected chi connectivity index (χ1v) is 8.60. The third-order valence-corrected chi connectivity index (χ3v) is 3.95. The van der Waals surface area contributed by atoms with Gasteiger partial charge in [-0.2, -0.15) is 5.10 Å². The molecule has 3 rings (SSSR count). The molecule has 0 atom stereocenters. The molecule has 1 heterocycles. The van der Waals surface area contributed by atoms with E-state index in [0.717, 1.165) is 5.69 Å². The monoisotopic (exact) mass is 350 g/mol. The van der Waals surface area contributed by atoms with Crippen LogP contribution in [0.1, 0.15) is 31.0 Å². The van der Waals surface area contributed by atoms with E-state index in [1.807, 2.05) is 66.9 Å². The molecule has 3 aromatic rings. The van der Waals surface area contributed by atoms with Crippen LogP contribution in [-0.2, 0) is 16.1 Å². The van der Waals surface area contributed by atoms with Gasteiger partial charge in [0.2, 0.25) is 0 Å². The predicted octanol–water partition coefficient (Wildman–Crippen LogP) is 4.12. The molecule has 0 N–H and O–H groups in total. The normalized spacial score (nSPS) is 10.7. The van der Waals surface area contributed by atoms with E-state index in [1.165, 1.54) is 5.56 Å². The summed E-state index contributed by atoms with van der Waals surface area (Å²) in [6.07, 6.45) is 1.84. The highest BCUT2D eigenvalue weighted by Gasteiger charge is 2.08. The van der Waals surface area contributed by atoms with E-state index in [1.54, 1.807) is 4.68 Å². The molecule has 0 spiro atoms. The minimum atomic E-state index is -0.424. The summed E-state index contributed by atoms with van der Waals surface area (Å²) in [4.78, 5) is 11.9. The molecule has 5 heteroatoms. The maximum atomic E-state index is 11.9. The molecule has 134 valence electrons. The smallest absolute Gasteiger partial charge is 0.344 e. The van der Waals surface area contributed by atoms with Crippen molar-refractivity contribution in [1.82, 2.24) is 9.78 Å². The van der Waals surface area contributed by atoms with Crippen molar-refractivity contribution in [3.63, 3.8) is 0 Å². The summed E-state index contributed by atoms with van der Waals surface area (Å²) in [6.45, 7) is 4.26. The van der Waals surface area contributed by atoms with Crippen LogP contribution in [0.15, 0.2) is 66.9 Å². The maximum absolute atomic E-state index is 11.9. The van der Waals surface area contributed by atoms with Crippen LogP contribution in [0.3, 0.4) is 0 Å². The van der Waals surface area contributed by atoms with E-state index >= 15 is 0 Å². The van der Waals surface area contributed by atoms with Crippen molar-refractivity contribution in [3.05, 3.63) is 78.1 Å². The van der Waals surface area contributed by atoms with Gasteiger partial charge in [0.1, 0.15) is 18.1 Å². The van der Waals surface area contributed by atoms with E-state index in [2.05, 4.69) is 18.9 Å². The highest BCUT2D eigenvalue weighted by Crippen LogP contribution is 2.18. The lowest BCUT2D eigenvalue weighted by Crippen LogP contribution is -2.15. The fourth-order valence-corrected chi connectivity index (χ4v) is 2.45. The third-order valence-electron chi connectivity index (χ3n) is 3.95. The zero-order chi connectivity index (χ0) is 18.4. The van der Waals surface area contributed by atoms with E-state index < -0.39 is 5.97 Å². The lowest BCUT2D eigenvalue weighted by atomic mass is 10.0. The fourth-order valence-electron chi connectivity index (χ4n) is 2.45. The molecule has 0 aliphatic heterocycles. The molecule has 0 saturated carbocycles. The number of carbonyl (C=O) groups excluding carboxylic acids is 1. The summed E-state index contributed by atoms with van der Waals surface area (Å²) in [6, 6.07) is 19.3. The largest absolute Gasteiger partial charge is 0.482 e. The van der Waals surface area contributed by atoms with Crippen molar-refractivity contribution in [2.24, 2.45) is 0 Å². The van der Waals surface area contributed by atoms with Crippen LogP contribution in [0.5, 0.6) is 5.75 Å². The number of esters is 1. The van der Waals surface area contributed by atoms with Gasteiger partial charge in [-0.1, -0.05) is 44.2 Å². The SMILES string of the molecule is CC(C)c1ccc(OCC(=O)OCc2ccn(-c3ccccc3)n2)cc1. The van der Waals surface area contributed by atoms with Crippen LogP contribution in [0.2, 0.25) is 0 Å². The Bertz CT molecular complexity index is 839. The molecule has 1 aromatic heterocycles. The Morgan fingerprint density at radius 3 is 2.46 bits per heavy atom. The van der Waals surface area contributed by atoms with E-state index in [9.17, 15) is 4.79 Å². The quantitative estimate of drug-likeness (QED) is 0.602. The van der Waals surface area contributed by atoms with Gasteiger partial charge in [-0.25, -0.2) is 9.48 Å². The first-order valence-electron chi connectivity index (χ1n) is 8.60. The highest BCUT2D eigenvalue weighted by atomic mass is 16.6. The zero-order valence-corrected chi connectivity index (χ0v) is 15.0. The Morgan fingerprint density at radius 1 is 1.04 bits per heavy atom. The second-order valence-corrected chi connectivity index (χ2v) is 6.26. The van der Waals surface area contributed by atoms with Crippen molar-refractivity contribution in [1.29, 1.82) is 0 Å². The van der Waals surface area contributed by atoms with Crippen LogP contribution >= 0.6 is 0 Å². The number of carbonyl (C=O) groups is 1. The summed E-state index contributed by atoms with van der Waals surface area (Å²) in [7, 11) is 0. The van der Waals surface area contributed by atoms with Crippen LogP contribution in [-0.4, -0.2) is 22.4 Å². The molecule has 0 radical (unpaired) electrons. The van der Waals surface area contributed by atoms with Crippen LogP contribution in [0.25, 0.3) is 5.69 Å². The number of benzene rings is 2. The zero-order valence-electron chi connectivity index (χ0n) is 15.0. The first-order chi connectivity index (χ1) is 12.6. The maximum Gasteiger partial charge on any atom is 0.344 e. The third kappa shape index (κ3) is 4.72. The van der Waals surface area contributed by atoms with Gasteiger partial charge >= 0.3 is 5.97 Å². The van der Waals surface area contributed by atoms with E-state index in [4.69, 9.17) is 9.47 Å². The van der Waals surface area contributed by atoms with Crippen LogP contribution in [0.4, 0.5) is 0 Å². The standard InChI is InChI=1S/C21H22N2O3/c1-16(2)17-8-10-20(11-9-17)25-15-21(24)26-14-18-12-13-23(22-18)19-6-4-3-5-7-19/h3-13,16H,14-15H2,1-2H3. The van der Waals surface area contributed by atoms with Crippen molar-refractivity contribution >= 4 is 5.97 Å². The molecule has 0 fully saturated rings. The lowest BCUT2D eigenvalue weighted by Gasteiger charge is -2.08. The second-order valence-electron chi connectivity index (χ2n) is 6.26. The van der Waals surface area contributed by atoms with Crippen molar-refractivity contribution in [2.45, 2.75) is 26.4 Å². The Labute approximate surface area is 153 Å². The minimum Gasteiger partial charge on any atom is -0.482 e. The number of hydrogen-bond acceptors (Lipinski definition) is 4. The summed E-state index contributed by atoms with van der Waals surface area (Å²) in [5.74, 6) is 0.691. The van der Waals surface area contributed by atoms with Gasteiger partial charge in [0.15, 0.2) is 6.61 Å². The fraction of sp³-hybridized carbons (Fsp3) is 0.238. The Kier molecular flexibility index (Phi) is 5.69. The summed E-state index contributed by atoms with van der Waals surface area (Å²) < 4.78 is 12.4. The molecule has 0 unspecified atom stereocenters. The number of hydrogen-bond donors (Lipinski definition) is 0. The molecule has 0 amide bonds. The average molecular weight is 350 g/mol. The molecular weight excluding hydrogens is 328 g/mol. The highest BCUT2D eigenvalue weighted by molar-refractivity contribution is 5.71. The number of para-hydroxylation sites is 1. The predicted molar refractivity (Wildman–Crippen MR) is 99.4 cm³/mol. The van der Waals surface area contributed by atoms with Gasteiger partial charge in [-0.15, -0.1) is 0 Å². The summed E-state index contributed by atoms with van der Waals surface area (Å²) in [5.41, 5.74) is 2.87. The van der Waals surface area contributed by atoms with Gasteiger partial charge in [0.05, 0.1) is 5.69 Å². The molecule has 0 aliphatic carbocycles. The van der Waals surface area contributed by atoms with Gasteiger partial charge in [0.25, 0.3) is 0 Å². The number of aromatic nitrogens is 2. The topological polar surface area (TPSA) is 53.4 Å². The number of rotatable bonds is 7. The Hall–Kier alpha value is -3.08. The van der Waals surface area contributed by atoms with Gasteiger partial charge in [0, 0.05) is 6.20 Å². The molecule has 0 bridgehead atoms.